The average molecular weight is 332 g/mol. The Morgan fingerprint density at radius 3 is 2.11 bits per heavy atom. The van der Waals surface area contributed by atoms with Crippen molar-refractivity contribution in [3.05, 3.63) is 28.2 Å². The van der Waals surface area contributed by atoms with E-state index in [1.165, 1.54) is 12.1 Å². The van der Waals surface area contributed by atoms with Gasteiger partial charge in [0.25, 0.3) is 0 Å². The first-order valence-corrected chi connectivity index (χ1v) is 7.67. The highest BCUT2D eigenvalue weighted by Gasteiger charge is 2.24. The lowest BCUT2D eigenvalue weighted by atomic mass is 9.79. The van der Waals surface area contributed by atoms with Crippen LogP contribution in [0.1, 0.15) is 39.5 Å². The van der Waals surface area contributed by atoms with E-state index < -0.39 is 11.6 Å². The lowest BCUT2D eigenvalue weighted by Crippen LogP contribution is -2.28. The molecule has 0 atom stereocenters. The third-order valence-electron chi connectivity index (χ3n) is 4.07. The Morgan fingerprint density at radius 1 is 1.11 bits per heavy atom. The summed E-state index contributed by atoms with van der Waals surface area (Å²) >= 11 is 3.09. The smallest absolute Gasteiger partial charge is 0.150 e. The molecule has 0 bridgehead atoms. The summed E-state index contributed by atoms with van der Waals surface area (Å²) < 4.78 is 27.9. The van der Waals surface area contributed by atoms with E-state index in [1.807, 2.05) is 0 Å². The van der Waals surface area contributed by atoms with Crippen LogP contribution in [-0.2, 0) is 0 Å². The quantitative estimate of drug-likeness (QED) is 0.786. The van der Waals surface area contributed by atoms with Crippen LogP contribution in [0.4, 0.5) is 14.5 Å². The number of nitrogens with one attached hydrogen (secondary N) is 1. The van der Waals surface area contributed by atoms with E-state index in [2.05, 4.69) is 35.1 Å². The van der Waals surface area contributed by atoms with E-state index >= 15 is 0 Å². The minimum atomic E-state index is -0.530. The van der Waals surface area contributed by atoms with E-state index in [-0.39, 0.29) is 11.7 Å². The average Bonchev–Trinajstić information content (AvgIpc) is 2.34. The van der Waals surface area contributed by atoms with Crippen LogP contribution >= 0.6 is 15.9 Å². The third kappa shape index (κ3) is 3.68. The highest BCUT2D eigenvalue weighted by atomic mass is 79.9. The number of rotatable bonds is 3. The Hall–Kier alpha value is -0.640. The van der Waals surface area contributed by atoms with Gasteiger partial charge in [0.15, 0.2) is 0 Å². The summed E-state index contributed by atoms with van der Waals surface area (Å²) in [6, 6.07) is 2.77. The van der Waals surface area contributed by atoms with Gasteiger partial charge < -0.3 is 5.32 Å². The van der Waals surface area contributed by atoms with Crippen molar-refractivity contribution in [1.82, 2.24) is 0 Å². The maximum Gasteiger partial charge on any atom is 0.150 e. The number of hydrogen-bond acceptors (Lipinski definition) is 1. The van der Waals surface area contributed by atoms with E-state index in [0.717, 1.165) is 31.6 Å². The predicted molar refractivity (Wildman–Crippen MR) is 78.3 cm³/mol. The van der Waals surface area contributed by atoms with Gasteiger partial charge in [-0.05, 0) is 49.7 Å². The van der Waals surface area contributed by atoms with Gasteiger partial charge in [-0.15, -0.1) is 0 Å². The molecule has 1 saturated carbocycles. The molecule has 0 amide bonds. The Balaban J connectivity index is 2.00. The number of benzene rings is 1. The van der Waals surface area contributed by atoms with Gasteiger partial charge >= 0.3 is 0 Å². The van der Waals surface area contributed by atoms with Crippen molar-refractivity contribution in [1.29, 1.82) is 0 Å². The molecule has 106 valence electrons. The summed E-state index contributed by atoms with van der Waals surface area (Å²) in [7, 11) is 0. The van der Waals surface area contributed by atoms with Gasteiger partial charge in [-0.2, -0.15) is 0 Å². The second kappa shape index (κ2) is 6.21. The molecule has 1 N–H and O–H groups in total. The summed E-state index contributed by atoms with van der Waals surface area (Å²) in [5.41, 5.74) is 0.0104. The van der Waals surface area contributed by atoms with E-state index in [0.29, 0.717) is 10.4 Å². The van der Waals surface area contributed by atoms with Crippen LogP contribution in [0, 0.1) is 23.5 Å². The van der Waals surface area contributed by atoms with Gasteiger partial charge in [0, 0.05) is 10.5 Å². The Labute approximate surface area is 121 Å². The fourth-order valence-corrected chi connectivity index (χ4v) is 3.22. The first-order chi connectivity index (χ1) is 8.97. The zero-order valence-corrected chi connectivity index (χ0v) is 12.9. The standard InChI is InChI=1S/C15H20BrF2N/c1-9(2)10-3-5-12(6-4-10)19-15-13(17)7-11(16)8-14(15)18/h7-10,12,19H,3-6H2,1-2H3. The molecule has 0 aromatic heterocycles. The zero-order valence-electron chi connectivity index (χ0n) is 11.3. The molecule has 0 radical (unpaired) electrons. The highest BCUT2D eigenvalue weighted by Crippen LogP contribution is 2.32. The molecular weight excluding hydrogens is 312 g/mol. The Kier molecular flexibility index (Phi) is 4.82. The van der Waals surface area contributed by atoms with Crippen LogP contribution in [0.25, 0.3) is 0 Å². The van der Waals surface area contributed by atoms with Crippen molar-refractivity contribution in [2.45, 2.75) is 45.6 Å². The monoisotopic (exact) mass is 331 g/mol. The van der Waals surface area contributed by atoms with Crippen LogP contribution in [0.15, 0.2) is 16.6 Å². The molecule has 1 fully saturated rings. The second-order valence-corrected chi connectivity index (χ2v) is 6.66. The highest BCUT2D eigenvalue weighted by molar-refractivity contribution is 9.10. The second-order valence-electron chi connectivity index (χ2n) is 5.74. The molecule has 0 heterocycles. The first kappa shape index (κ1) is 14.8. The van der Waals surface area contributed by atoms with Crippen molar-refractivity contribution in [3.63, 3.8) is 0 Å². The van der Waals surface area contributed by atoms with Crippen molar-refractivity contribution in [2.24, 2.45) is 11.8 Å². The van der Waals surface area contributed by atoms with E-state index in [4.69, 9.17) is 0 Å². The fourth-order valence-electron chi connectivity index (χ4n) is 2.81. The van der Waals surface area contributed by atoms with Crippen molar-refractivity contribution in [2.75, 3.05) is 5.32 Å². The van der Waals surface area contributed by atoms with Gasteiger partial charge in [-0.25, -0.2) is 8.78 Å². The predicted octanol–water partition coefficient (Wildman–Crippen LogP) is 5.35. The van der Waals surface area contributed by atoms with Gasteiger partial charge in [-0.3, -0.25) is 0 Å². The summed E-state index contributed by atoms with van der Waals surface area (Å²) in [6.45, 7) is 4.49. The molecule has 0 aliphatic heterocycles. The van der Waals surface area contributed by atoms with Crippen molar-refractivity contribution < 1.29 is 8.78 Å². The van der Waals surface area contributed by atoms with E-state index in [9.17, 15) is 8.78 Å². The van der Waals surface area contributed by atoms with Crippen molar-refractivity contribution >= 4 is 21.6 Å². The topological polar surface area (TPSA) is 12.0 Å². The largest absolute Gasteiger partial charge is 0.378 e. The fraction of sp³-hybridized carbons (Fsp3) is 0.600. The number of hydrogen-bond donors (Lipinski definition) is 1. The molecule has 4 heteroatoms. The maximum atomic E-state index is 13.7. The van der Waals surface area contributed by atoms with Crippen LogP contribution in [0.5, 0.6) is 0 Å². The summed E-state index contributed by atoms with van der Waals surface area (Å²) in [5, 5.41) is 3.03. The molecule has 1 aromatic rings. The molecule has 0 saturated heterocycles. The molecule has 1 aliphatic rings. The van der Waals surface area contributed by atoms with Gasteiger partial charge in [-0.1, -0.05) is 29.8 Å². The molecule has 2 rings (SSSR count). The lowest BCUT2D eigenvalue weighted by Gasteiger charge is -2.32. The Morgan fingerprint density at radius 2 is 1.63 bits per heavy atom. The SMILES string of the molecule is CC(C)C1CCC(Nc2c(F)cc(Br)cc2F)CC1. The van der Waals surface area contributed by atoms with Gasteiger partial charge in [0.05, 0.1) is 0 Å². The number of anilines is 1. The van der Waals surface area contributed by atoms with Gasteiger partial charge in [0.1, 0.15) is 17.3 Å². The third-order valence-corrected chi connectivity index (χ3v) is 4.53. The molecule has 1 nitrogen and oxygen atoms in total. The summed E-state index contributed by atoms with van der Waals surface area (Å²) in [4.78, 5) is 0. The maximum absolute atomic E-state index is 13.7. The lowest BCUT2D eigenvalue weighted by molar-refractivity contribution is 0.266. The molecule has 19 heavy (non-hydrogen) atoms. The summed E-state index contributed by atoms with van der Waals surface area (Å²) in [6.07, 6.45) is 4.24. The summed E-state index contributed by atoms with van der Waals surface area (Å²) in [5.74, 6) is 0.385. The molecule has 0 spiro atoms. The van der Waals surface area contributed by atoms with Crippen LogP contribution in [0.2, 0.25) is 0 Å². The molecule has 0 unspecified atom stereocenters. The van der Waals surface area contributed by atoms with Crippen molar-refractivity contribution in [3.8, 4) is 0 Å². The molecule has 1 aliphatic carbocycles. The molecular formula is C15H20BrF2N. The molecule has 1 aromatic carbocycles. The minimum absolute atomic E-state index is 0.0104. The zero-order chi connectivity index (χ0) is 14.0. The van der Waals surface area contributed by atoms with Gasteiger partial charge in [0.2, 0.25) is 0 Å². The number of halogens is 3. The van der Waals surface area contributed by atoms with E-state index in [1.54, 1.807) is 0 Å². The minimum Gasteiger partial charge on any atom is -0.378 e. The first-order valence-electron chi connectivity index (χ1n) is 6.88. The normalized spacial score (nSPS) is 23.7. The van der Waals surface area contributed by atoms with Crippen LogP contribution < -0.4 is 5.32 Å². The van der Waals surface area contributed by atoms with Crippen LogP contribution in [-0.4, -0.2) is 6.04 Å². The Bertz CT molecular complexity index is 417. The van der Waals surface area contributed by atoms with Crippen LogP contribution in [0.3, 0.4) is 0 Å².